The molecule has 7 nitrogen and oxygen atoms in total. The fraction of sp³-hybridized carbons (Fsp3) is 0.208. The van der Waals surface area contributed by atoms with Crippen LogP contribution in [0.15, 0.2) is 60.7 Å². The summed E-state index contributed by atoms with van der Waals surface area (Å²) in [7, 11) is 1.44. The molecule has 1 N–H and O–H groups in total. The molecule has 0 spiro atoms. The Morgan fingerprint density at radius 2 is 1.81 bits per heavy atom. The van der Waals surface area contributed by atoms with E-state index in [4.69, 9.17) is 9.47 Å². The van der Waals surface area contributed by atoms with Crippen molar-refractivity contribution in [2.45, 2.75) is 12.8 Å². The zero-order valence-electron chi connectivity index (χ0n) is 17.3. The number of benzene rings is 2. The molecule has 0 radical (unpaired) electrons. The Labute approximate surface area is 180 Å². The Balaban J connectivity index is 1.77. The number of hydrogen-bond acceptors (Lipinski definition) is 6. The molecule has 0 saturated heterocycles. The molecule has 1 aliphatic heterocycles. The number of imide groups is 1. The van der Waals surface area contributed by atoms with Crippen molar-refractivity contribution in [2.75, 3.05) is 20.3 Å². The van der Waals surface area contributed by atoms with Crippen molar-refractivity contribution in [3.63, 3.8) is 0 Å². The van der Waals surface area contributed by atoms with Gasteiger partial charge in [-0.05, 0) is 17.2 Å². The van der Waals surface area contributed by atoms with Crippen LogP contribution < -0.4 is 4.74 Å². The van der Waals surface area contributed by atoms with Crippen molar-refractivity contribution < 1.29 is 29.0 Å². The highest BCUT2D eigenvalue weighted by molar-refractivity contribution is 6.13. The molecular formula is C24H23NO6. The topological polar surface area (TPSA) is 93.1 Å². The number of rotatable bonds is 8. The van der Waals surface area contributed by atoms with Crippen LogP contribution in [0.5, 0.6) is 11.5 Å². The van der Waals surface area contributed by atoms with Crippen LogP contribution in [0.1, 0.15) is 34.3 Å². The Hall–Kier alpha value is -3.87. The number of esters is 1. The summed E-state index contributed by atoms with van der Waals surface area (Å²) in [6, 6.07) is 12.5. The van der Waals surface area contributed by atoms with Crippen molar-refractivity contribution in [3.05, 3.63) is 77.4 Å². The van der Waals surface area contributed by atoms with Gasteiger partial charge in [-0.15, -0.1) is 0 Å². The monoisotopic (exact) mass is 421 g/mol. The minimum Gasteiger partial charge on any atom is -0.507 e. The van der Waals surface area contributed by atoms with Gasteiger partial charge in [-0.3, -0.25) is 14.5 Å². The maximum atomic E-state index is 12.8. The molecule has 0 bridgehead atoms. The molecule has 31 heavy (non-hydrogen) atoms. The van der Waals surface area contributed by atoms with Crippen molar-refractivity contribution in [1.29, 1.82) is 0 Å². The Morgan fingerprint density at radius 3 is 2.45 bits per heavy atom. The van der Waals surface area contributed by atoms with Gasteiger partial charge in [-0.25, -0.2) is 4.79 Å². The largest absolute Gasteiger partial charge is 0.507 e. The fourth-order valence-corrected chi connectivity index (χ4v) is 3.14. The van der Waals surface area contributed by atoms with Crippen molar-refractivity contribution in [2.24, 2.45) is 0 Å². The average Bonchev–Trinajstić information content (AvgIpc) is 3.09. The first-order valence-electron chi connectivity index (χ1n) is 9.74. The van der Waals surface area contributed by atoms with Gasteiger partial charge in [-0.1, -0.05) is 49.4 Å². The van der Waals surface area contributed by atoms with Crippen molar-refractivity contribution >= 4 is 23.9 Å². The van der Waals surface area contributed by atoms with Crippen LogP contribution in [-0.2, 0) is 14.3 Å². The first-order chi connectivity index (χ1) is 14.9. The first-order valence-corrected chi connectivity index (χ1v) is 9.74. The summed E-state index contributed by atoms with van der Waals surface area (Å²) in [6.45, 7) is 2.11. The highest BCUT2D eigenvalue weighted by Crippen LogP contribution is 2.30. The van der Waals surface area contributed by atoms with Crippen LogP contribution in [0.2, 0.25) is 0 Å². The number of ether oxygens (including phenoxy) is 2. The van der Waals surface area contributed by atoms with Gasteiger partial charge < -0.3 is 14.6 Å². The smallest absolute Gasteiger partial charge is 0.342 e. The molecule has 3 rings (SSSR count). The summed E-state index contributed by atoms with van der Waals surface area (Å²) in [6.07, 6.45) is 5.49. The van der Waals surface area contributed by atoms with Gasteiger partial charge in [0.05, 0.1) is 13.7 Å². The van der Waals surface area contributed by atoms with Crippen LogP contribution in [-0.4, -0.2) is 48.1 Å². The van der Waals surface area contributed by atoms with Crippen LogP contribution in [0, 0.1) is 0 Å². The van der Waals surface area contributed by atoms with E-state index in [1.807, 2.05) is 37.3 Å². The fourth-order valence-electron chi connectivity index (χ4n) is 3.14. The van der Waals surface area contributed by atoms with E-state index in [2.05, 4.69) is 0 Å². The summed E-state index contributed by atoms with van der Waals surface area (Å²) in [5.41, 5.74) is 1.36. The highest BCUT2D eigenvalue weighted by atomic mass is 16.5. The molecule has 1 aliphatic rings. The number of hydrogen-bond donors (Lipinski definition) is 1. The number of aromatic hydroxyl groups is 1. The van der Waals surface area contributed by atoms with E-state index in [0.29, 0.717) is 11.3 Å². The third-order valence-electron chi connectivity index (χ3n) is 4.88. The predicted molar refractivity (Wildman–Crippen MR) is 115 cm³/mol. The van der Waals surface area contributed by atoms with E-state index < -0.39 is 17.8 Å². The van der Waals surface area contributed by atoms with Gasteiger partial charge >= 0.3 is 5.97 Å². The van der Waals surface area contributed by atoms with E-state index in [0.717, 1.165) is 10.5 Å². The molecule has 2 amide bonds. The minimum atomic E-state index is -0.683. The molecule has 7 heteroatoms. The number of methoxy groups -OCH3 is 1. The minimum absolute atomic E-state index is 0.0190. The average molecular weight is 421 g/mol. The number of phenols is 1. The third kappa shape index (κ3) is 5.19. The van der Waals surface area contributed by atoms with Gasteiger partial charge in [0.25, 0.3) is 11.8 Å². The van der Waals surface area contributed by atoms with Crippen LogP contribution in [0.4, 0.5) is 0 Å². The van der Waals surface area contributed by atoms with Gasteiger partial charge in [0.15, 0.2) is 0 Å². The summed E-state index contributed by atoms with van der Waals surface area (Å²) >= 11 is 0. The van der Waals surface area contributed by atoms with Crippen LogP contribution >= 0.6 is 0 Å². The molecule has 160 valence electrons. The van der Waals surface area contributed by atoms with E-state index in [-0.39, 0.29) is 30.4 Å². The number of carbonyl (C=O) groups excluding carboxylic acids is 3. The number of carbonyl (C=O) groups is 3. The van der Waals surface area contributed by atoms with E-state index in [1.165, 1.54) is 25.3 Å². The lowest BCUT2D eigenvalue weighted by Gasteiger charge is -2.15. The van der Waals surface area contributed by atoms with Gasteiger partial charge in [0.2, 0.25) is 0 Å². The van der Waals surface area contributed by atoms with Gasteiger partial charge in [0.1, 0.15) is 17.1 Å². The highest BCUT2D eigenvalue weighted by Gasteiger charge is 2.22. The molecule has 0 fully saturated rings. The standard InChI is InChI=1S/C24H23NO6/c1-16(17-7-4-3-5-8-17)15-31-24(29)23-18(13-19(30-2)14-20(23)26)9-6-12-25-21(27)10-11-22(25)28/h3-11,13-14,16,26H,12,15H2,1-2H3/b9-6+. The maximum absolute atomic E-state index is 12.8. The Bertz CT molecular complexity index is 1020. The van der Waals surface area contributed by atoms with Crippen LogP contribution in [0.3, 0.4) is 0 Å². The SMILES string of the molecule is COc1cc(O)c(C(=O)OCC(C)c2ccccc2)c(/C=C/CN2C(=O)C=CC2=O)c1. The lowest BCUT2D eigenvalue weighted by atomic mass is 10.0. The molecule has 0 aliphatic carbocycles. The number of nitrogens with zero attached hydrogens (tertiary/aromatic N) is 1. The lowest BCUT2D eigenvalue weighted by molar-refractivity contribution is -0.136. The summed E-state index contributed by atoms with van der Waals surface area (Å²) in [4.78, 5) is 37.2. The molecule has 2 aromatic carbocycles. The van der Waals surface area contributed by atoms with Crippen LogP contribution in [0.25, 0.3) is 6.08 Å². The Kier molecular flexibility index (Phi) is 6.87. The van der Waals surface area contributed by atoms with Crippen molar-refractivity contribution in [3.8, 4) is 11.5 Å². The summed E-state index contributed by atoms with van der Waals surface area (Å²) < 4.78 is 10.6. The lowest BCUT2D eigenvalue weighted by Crippen LogP contribution is -2.29. The normalized spacial score (nSPS) is 14.3. The Morgan fingerprint density at radius 1 is 1.13 bits per heavy atom. The second kappa shape index (κ2) is 9.75. The number of phenolic OH excluding ortho intramolecular Hbond substituents is 1. The molecule has 0 saturated carbocycles. The second-order valence-electron chi connectivity index (χ2n) is 7.04. The molecule has 1 heterocycles. The van der Waals surface area contributed by atoms with Gasteiger partial charge in [0, 0.05) is 30.7 Å². The van der Waals surface area contributed by atoms with E-state index in [9.17, 15) is 19.5 Å². The summed E-state index contributed by atoms with van der Waals surface area (Å²) in [5.74, 6) is -1.45. The molecule has 1 atom stereocenters. The van der Waals surface area contributed by atoms with Gasteiger partial charge in [-0.2, -0.15) is 0 Å². The molecular weight excluding hydrogens is 398 g/mol. The quantitative estimate of drug-likeness (QED) is 0.519. The molecule has 1 unspecified atom stereocenters. The number of amides is 2. The summed E-state index contributed by atoms with van der Waals surface area (Å²) in [5, 5.41) is 10.4. The molecule has 0 aromatic heterocycles. The molecule has 2 aromatic rings. The zero-order chi connectivity index (χ0) is 22.4. The first kappa shape index (κ1) is 21.8. The van der Waals surface area contributed by atoms with Crippen molar-refractivity contribution in [1.82, 2.24) is 4.90 Å². The maximum Gasteiger partial charge on any atom is 0.342 e. The van der Waals surface area contributed by atoms with E-state index in [1.54, 1.807) is 18.2 Å². The third-order valence-corrected chi connectivity index (χ3v) is 4.88. The predicted octanol–water partition coefficient (Wildman–Crippen LogP) is 3.30. The zero-order valence-corrected chi connectivity index (χ0v) is 17.3. The van der Waals surface area contributed by atoms with E-state index >= 15 is 0 Å². The second-order valence-corrected chi connectivity index (χ2v) is 7.04.